The van der Waals surface area contributed by atoms with Crippen LogP contribution >= 0.6 is 0 Å². The minimum atomic E-state index is -0.127. The number of amidine groups is 1. The summed E-state index contributed by atoms with van der Waals surface area (Å²) in [7, 11) is 0. The van der Waals surface area contributed by atoms with Gasteiger partial charge in [-0.15, -0.1) is 0 Å². The van der Waals surface area contributed by atoms with Gasteiger partial charge in [0, 0.05) is 0 Å². The van der Waals surface area contributed by atoms with Crippen molar-refractivity contribution >= 4 is 11.7 Å². The molecule has 38 valence electrons. The van der Waals surface area contributed by atoms with Gasteiger partial charge < -0.3 is 5.73 Å². The van der Waals surface area contributed by atoms with Crippen LogP contribution in [0.2, 0.25) is 0 Å². The summed E-state index contributed by atoms with van der Waals surface area (Å²) in [6.45, 7) is 0. The summed E-state index contributed by atoms with van der Waals surface area (Å²) in [6, 6.07) is 0. The Morgan fingerprint density at radius 3 is 2.71 bits per heavy atom. The number of carbonyl (C=O) groups excluding carboxylic acids is 1. The number of hydrogen-bond donors (Lipinski definition) is 2. The summed E-state index contributed by atoms with van der Waals surface area (Å²) >= 11 is 0. The highest BCUT2D eigenvalue weighted by Gasteiger charge is 2.08. The van der Waals surface area contributed by atoms with Crippen LogP contribution in [0.15, 0.2) is 5.10 Å². The topological polar surface area (TPSA) is 67.5 Å². The van der Waals surface area contributed by atoms with Gasteiger partial charge in [0.1, 0.15) is 5.84 Å². The van der Waals surface area contributed by atoms with Crippen LogP contribution in [0.4, 0.5) is 0 Å². The van der Waals surface area contributed by atoms with Crippen LogP contribution in [-0.4, -0.2) is 11.7 Å². The fourth-order valence-electron chi connectivity index (χ4n) is 0.378. The van der Waals surface area contributed by atoms with E-state index in [0.29, 0.717) is 5.84 Å². The van der Waals surface area contributed by atoms with Crippen molar-refractivity contribution in [2.45, 2.75) is 6.42 Å². The molecule has 0 bridgehead atoms. The standard InChI is InChI=1S/C3H5N3O/c4-2-1-3(7)6-5-2/h1H2,(H2,4,5)(H,6,7). The number of hydrazone groups is 1. The smallest absolute Gasteiger partial charge is 0.247 e. The monoisotopic (exact) mass is 99.0 g/mol. The summed E-state index contributed by atoms with van der Waals surface area (Å²) in [5.41, 5.74) is 7.29. The van der Waals surface area contributed by atoms with E-state index >= 15 is 0 Å². The minimum Gasteiger partial charge on any atom is -0.385 e. The lowest BCUT2D eigenvalue weighted by atomic mass is 10.4. The molecule has 0 saturated heterocycles. The fraction of sp³-hybridized carbons (Fsp3) is 0.333. The molecular weight excluding hydrogens is 94.1 g/mol. The molecule has 1 rings (SSSR count). The van der Waals surface area contributed by atoms with Crippen molar-refractivity contribution in [2.24, 2.45) is 10.8 Å². The van der Waals surface area contributed by atoms with Gasteiger partial charge in [-0.2, -0.15) is 5.10 Å². The van der Waals surface area contributed by atoms with Crippen LogP contribution in [0.5, 0.6) is 0 Å². The molecular formula is C3H5N3O. The lowest BCUT2D eigenvalue weighted by Crippen LogP contribution is -2.11. The molecule has 4 nitrogen and oxygen atoms in total. The SMILES string of the molecule is NC1=NNC(=O)C1. The Kier molecular flexibility index (Phi) is 0.714. The van der Waals surface area contributed by atoms with Gasteiger partial charge in [0.25, 0.3) is 0 Å². The first-order valence-corrected chi connectivity index (χ1v) is 1.90. The largest absolute Gasteiger partial charge is 0.385 e. The lowest BCUT2D eigenvalue weighted by molar-refractivity contribution is -0.119. The highest BCUT2D eigenvalue weighted by Crippen LogP contribution is 1.86. The second-order valence-electron chi connectivity index (χ2n) is 1.31. The number of rotatable bonds is 0. The molecule has 0 aromatic rings. The van der Waals surface area contributed by atoms with Crippen LogP contribution in [-0.2, 0) is 4.79 Å². The van der Waals surface area contributed by atoms with Crippen molar-refractivity contribution in [3.63, 3.8) is 0 Å². The van der Waals surface area contributed by atoms with E-state index in [1.165, 1.54) is 0 Å². The van der Waals surface area contributed by atoms with Gasteiger partial charge >= 0.3 is 0 Å². The molecule has 7 heavy (non-hydrogen) atoms. The van der Waals surface area contributed by atoms with E-state index in [-0.39, 0.29) is 12.3 Å². The first kappa shape index (κ1) is 4.11. The second kappa shape index (κ2) is 1.22. The van der Waals surface area contributed by atoms with Crippen molar-refractivity contribution < 1.29 is 4.79 Å². The molecule has 1 heterocycles. The maximum absolute atomic E-state index is 10.1. The summed E-state index contributed by atoms with van der Waals surface area (Å²) in [5, 5.41) is 3.41. The van der Waals surface area contributed by atoms with Crippen LogP contribution in [0.1, 0.15) is 6.42 Å². The van der Waals surface area contributed by atoms with Crippen LogP contribution < -0.4 is 11.2 Å². The van der Waals surface area contributed by atoms with Gasteiger partial charge in [-0.1, -0.05) is 0 Å². The second-order valence-corrected chi connectivity index (χ2v) is 1.31. The van der Waals surface area contributed by atoms with Crippen molar-refractivity contribution in [3.05, 3.63) is 0 Å². The molecule has 1 aliphatic heterocycles. The molecule has 0 radical (unpaired) electrons. The van der Waals surface area contributed by atoms with E-state index < -0.39 is 0 Å². The van der Waals surface area contributed by atoms with Crippen molar-refractivity contribution in [1.29, 1.82) is 0 Å². The Hall–Kier alpha value is -1.06. The third kappa shape index (κ3) is 0.677. The molecule has 0 atom stereocenters. The van der Waals surface area contributed by atoms with E-state index in [0.717, 1.165) is 0 Å². The maximum atomic E-state index is 10.1. The first-order chi connectivity index (χ1) is 3.29. The van der Waals surface area contributed by atoms with Crippen LogP contribution in [0, 0.1) is 0 Å². The highest BCUT2D eigenvalue weighted by atomic mass is 16.2. The van der Waals surface area contributed by atoms with Gasteiger partial charge in [-0.05, 0) is 0 Å². The Balaban J connectivity index is 2.58. The van der Waals surface area contributed by atoms with Crippen molar-refractivity contribution in [1.82, 2.24) is 5.43 Å². The quantitative estimate of drug-likeness (QED) is 0.399. The Bertz CT molecular complexity index is 128. The van der Waals surface area contributed by atoms with E-state index in [2.05, 4.69) is 10.5 Å². The number of hydrogen-bond acceptors (Lipinski definition) is 3. The molecule has 0 fully saturated rings. The maximum Gasteiger partial charge on any atom is 0.247 e. The number of carbonyl (C=O) groups is 1. The van der Waals surface area contributed by atoms with Crippen LogP contribution in [0.3, 0.4) is 0 Å². The van der Waals surface area contributed by atoms with E-state index in [9.17, 15) is 4.79 Å². The van der Waals surface area contributed by atoms with Gasteiger partial charge in [0.15, 0.2) is 0 Å². The van der Waals surface area contributed by atoms with Crippen LogP contribution in [0.25, 0.3) is 0 Å². The van der Waals surface area contributed by atoms with Crippen molar-refractivity contribution in [2.75, 3.05) is 0 Å². The fourth-order valence-corrected chi connectivity index (χ4v) is 0.378. The average Bonchev–Trinajstić information content (AvgIpc) is 1.87. The molecule has 3 N–H and O–H groups in total. The number of amides is 1. The Morgan fingerprint density at radius 1 is 1.86 bits per heavy atom. The minimum absolute atomic E-state index is 0.127. The zero-order valence-electron chi connectivity index (χ0n) is 3.64. The molecule has 0 saturated carbocycles. The zero-order valence-corrected chi connectivity index (χ0v) is 3.64. The third-order valence-electron chi connectivity index (χ3n) is 0.666. The number of nitrogens with one attached hydrogen (secondary N) is 1. The molecule has 0 aromatic carbocycles. The number of nitrogens with two attached hydrogens (primary N) is 1. The summed E-state index contributed by atoms with van der Waals surface area (Å²) in [5.74, 6) is 0.238. The molecule has 1 aliphatic rings. The molecule has 0 unspecified atom stereocenters. The van der Waals surface area contributed by atoms with E-state index in [1.807, 2.05) is 0 Å². The summed E-state index contributed by atoms with van der Waals surface area (Å²) < 4.78 is 0. The predicted molar refractivity (Wildman–Crippen MR) is 24.4 cm³/mol. The number of nitrogens with zero attached hydrogens (tertiary/aromatic N) is 1. The molecule has 0 spiro atoms. The average molecular weight is 99.1 g/mol. The molecule has 1 amide bonds. The summed E-state index contributed by atoms with van der Waals surface area (Å²) in [4.78, 5) is 10.1. The van der Waals surface area contributed by atoms with Gasteiger partial charge in [-0.25, -0.2) is 5.43 Å². The van der Waals surface area contributed by atoms with Gasteiger partial charge in [0.05, 0.1) is 6.42 Å². The van der Waals surface area contributed by atoms with E-state index in [4.69, 9.17) is 5.73 Å². The van der Waals surface area contributed by atoms with Gasteiger partial charge in [0.2, 0.25) is 5.91 Å². The summed E-state index contributed by atoms with van der Waals surface area (Å²) in [6.07, 6.45) is 0.250. The van der Waals surface area contributed by atoms with E-state index in [1.54, 1.807) is 0 Å². The first-order valence-electron chi connectivity index (χ1n) is 1.90. The lowest BCUT2D eigenvalue weighted by Gasteiger charge is -1.76. The normalized spacial score (nSPS) is 18.9. The Morgan fingerprint density at radius 2 is 2.57 bits per heavy atom. The Labute approximate surface area is 40.4 Å². The van der Waals surface area contributed by atoms with Crippen molar-refractivity contribution in [3.8, 4) is 0 Å². The van der Waals surface area contributed by atoms with Gasteiger partial charge in [-0.3, -0.25) is 4.79 Å². The predicted octanol–water partition coefficient (Wildman–Crippen LogP) is -1.22. The molecule has 0 aliphatic carbocycles. The third-order valence-corrected chi connectivity index (χ3v) is 0.666. The molecule has 4 heteroatoms. The zero-order chi connectivity index (χ0) is 5.28. The highest BCUT2D eigenvalue weighted by molar-refractivity contribution is 6.02. The molecule has 0 aromatic heterocycles.